The summed E-state index contributed by atoms with van der Waals surface area (Å²) in [6.45, 7) is 2.23. The van der Waals surface area contributed by atoms with Crippen molar-refractivity contribution in [3.63, 3.8) is 0 Å². The molecule has 0 spiro atoms. The number of carbonyl (C=O) groups excluding carboxylic acids is 2. The molecule has 2 amide bonds. The van der Waals surface area contributed by atoms with Crippen LogP contribution in [0.4, 0.5) is 11.4 Å². The number of rotatable bonds is 6. The Morgan fingerprint density at radius 1 is 1.23 bits per heavy atom. The largest absolute Gasteiger partial charge is 0.476 e. The SMILES string of the molecule is CCCNC(=O)c1ccccc1NC(=O)[C@H]1CN(S(C)(=O)=O)c2cc(Cl)ccc2O1. The Balaban J connectivity index is 1.85. The van der Waals surface area contributed by atoms with Gasteiger partial charge in [-0.05, 0) is 36.8 Å². The van der Waals surface area contributed by atoms with E-state index in [0.29, 0.717) is 22.8 Å². The van der Waals surface area contributed by atoms with Gasteiger partial charge >= 0.3 is 0 Å². The normalized spacial score (nSPS) is 15.7. The Hall–Kier alpha value is -2.78. The fourth-order valence-electron chi connectivity index (χ4n) is 3.01. The molecule has 0 aliphatic carbocycles. The van der Waals surface area contributed by atoms with Gasteiger partial charge in [0.1, 0.15) is 5.75 Å². The van der Waals surface area contributed by atoms with E-state index in [9.17, 15) is 18.0 Å². The molecule has 3 rings (SSSR count). The number of nitrogens with one attached hydrogen (secondary N) is 2. The molecule has 0 radical (unpaired) electrons. The van der Waals surface area contributed by atoms with Crippen molar-refractivity contribution in [2.75, 3.05) is 29.0 Å². The van der Waals surface area contributed by atoms with Crippen molar-refractivity contribution in [1.29, 1.82) is 0 Å². The van der Waals surface area contributed by atoms with Crippen LogP contribution >= 0.6 is 11.6 Å². The van der Waals surface area contributed by atoms with Gasteiger partial charge in [0.2, 0.25) is 10.0 Å². The zero-order valence-corrected chi connectivity index (χ0v) is 18.1. The van der Waals surface area contributed by atoms with E-state index in [1.807, 2.05) is 6.92 Å². The van der Waals surface area contributed by atoms with Crippen molar-refractivity contribution in [3.8, 4) is 5.75 Å². The standard InChI is InChI=1S/C20H22ClN3O5S/c1-3-10-22-19(25)14-6-4-5-7-15(14)23-20(26)18-12-24(30(2,27)28)16-11-13(21)8-9-17(16)29-18/h4-9,11,18H,3,10,12H2,1-2H3,(H,22,25)(H,23,26)/t18-/m1/s1. The van der Waals surface area contributed by atoms with Crippen LogP contribution in [0.5, 0.6) is 5.75 Å². The van der Waals surface area contributed by atoms with E-state index in [0.717, 1.165) is 17.0 Å². The van der Waals surface area contributed by atoms with Gasteiger partial charge in [0.25, 0.3) is 11.8 Å². The maximum Gasteiger partial charge on any atom is 0.267 e. The van der Waals surface area contributed by atoms with Gasteiger partial charge in [-0.25, -0.2) is 8.42 Å². The highest BCUT2D eigenvalue weighted by molar-refractivity contribution is 7.92. The number of nitrogens with zero attached hydrogens (tertiary/aromatic N) is 1. The van der Waals surface area contributed by atoms with Gasteiger partial charge in [-0.2, -0.15) is 0 Å². The summed E-state index contributed by atoms with van der Waals surface area (Å²) in [7, 11) is -3.68. The molecular weight excluding hydrogens is 430 g/mol. The Bertz CT molecular complexity index is 1070. The minimum absolute atomic E-state index is 0.220. The molecule has 2 aromatic carbocycles. The highest BCUT2D eigenvalue weighted by Crippen LogP contribution is 2.37. The van der Waals surface area contributed by atoms with Crippen LogP contribution in [-0.4, -0.2) is 45.7 Å². The Morgan fingerprint density at radius 2 is 1.97 bits per heavy atom. The van der Waals surface area contributed by atoms with E-state index in [-0.39, 0.29) is 23.9 Å². The van der Waals surface area contributed by atoms with Crippen LogP contribution in [0.2, 0.25) is 5.02 Å². The summed E-state index contributed by atoms with van der Waals surface area (Å²) in [5, 5.41) is 5.79. The first kappa shape index (κ1) is 21.9. The first-order valence-corrected chi connectivity index (χ1v) is 11.6. The molecule has 0 unspecified atom stereocenters. The quantitative estimate of drug-likeness (QED) is 0.702. The maximum absolute atomic E-state index is 12.9. The molecule has 0 bridgehead atoms. The van der Waals surface area contributed by atoms with Gasteiger partial charge in [0.05, 0.1) is 29.7 Å². The molecule has 160 valence electrons. The molecule has 1 atom stereocenters. The van der Waals surface area contributed by atoms with Crippen molar-refractivity contribution in [1.82, 2.24) is 5.32 Å². The second kappa shape index (κ2) is 8.93. The number of carbonyl (C=O) groups is 2. The third kappa shape index (κ3) is 4.85. The highest BCUT2D eigenvalue weighted by atomic mass is 35.5. The first-order chi connectivity index (χ1) is 14.2. The summed E-state index contributed by atoms with van der Waals surface area (Å²) in [5.41, 5.74) is 0.892. The summed E-state index contributed by atoms with van der Waals surface area (Å²) < 4.78 is 31.4. The Labute approximate surface area is 180 Å². The van der Waals surface area contributed by atoms with Gasteiger partial charge in [-0.3, -0.25) is 13.9 Å². The van der Waals surface area contributed by atoms with Crippen LogP contribution in [0.25, 0.3) is 0 Å². The molecular formula is C20H22ClN3O5S. The molecule has 2 N–H and O–H groups in total. The number of hydrogen-bond donors (Lipinski definition) is 2. The fraction of sp³-hybridized carbons (Fsp3) is 0.300. The van der Waals surface area contributed by atoms with E-state index in [2.05, 4.69) is 10.6 Å². The van der Waals surface area contributed by atoms with Gasteiger partial charge < -0.3 is 15.4 Å². The Morgan fingerprint density at radius 3 is 2.67 bits per heavy atom. The molecule has 8 nitrogen and oxygen atoms in total. The smallest absolute Gasteiger partial charge is 0.267 e. The minimum atomic E-state index is -3.68. The lowest BCUT2D eigenvalue weighted by molar-refractivity contribution is -0.122. The number of halogens is 1. The fourth-order valence-corrected chi connectivity index (χ4v) is 4.08. The third-order valence-corrected chi connectivity index (χ3v) is 5.83. The summed E-state index contributed by atoms with van der Waals surface area (Å²) in [4.78, 5) is 25.3. The topological polar surface area (TPSA) is 105 Å². The molecule has 2 aromatic rings. The minimum Gasteiger partial charge on any atom is -0.476 e. The summed E-state index contributed by atoms with van der Waals surface area (Å²) in [5.74, 6) is -0.653. The molecule has 1 heterocycles. The number of amides is 2. The summed E-state index contributed by atoms with van der Waals surface area (Å²) in [6, 6.07) is 11.1. The van der Waals surface area contributed by atoms with Crippen molar-refractivity contribution < 1.29 is 22.7 Å². The van der Waals surface area contributed by atoms with Crippen LogP contribution in [0.1, 0.15) is 23.7 Å². The van der Waals surface area contributed by atoms with E-state index >= 15 is 0 Å². The number of fused-ring (bicyclic) bond motifs is 1. The number of benzene rings is 2. The predicted octanol–water partition coefficient (Wildman–Crippen LogP) is 2.65. The van der Waals surface area contributed by atoms with E-state index in [1.54, 1.807) is 30.3 Å². The second-order valence-electron chi connectivity index (χ2n) is 6.80. The zero-order valence-electron chi connectivity index (χ0n) is 16.5. The summed E-state index contributed by atoms with van der Waals surface area (Å²) in [6.07, 6.45) is 0.715. The molecule has 10 heteroatoms. The second-order valence-corrected chi connectivity index (χ2v) is 9.15. The average molecular weight is 452 g/mol. The average Bonchev–Trinajstić information content (AvgIpc) is 2.70. The van der Waals surface area contributed by atoms with E-state index < -0.39 is 22.0 Å². The van der Waals surface area contributed by atoms with Crippen LogP contribution in [-0.2, 0) is 14.8 Å². The van der Waals surface area contributed by atoms with Crippen LogP contribution in [0.15, 0.2) is 42.5 Å². The molecule has 30 heavy (non-hydrogen) atoms. The van der Waals surface area contributed by atoms with Crippen molar-refractivity contribution in [2.24, 2.45) is 0 Å². The zero-order chi connectivity index (χ0) is 21.9. The monoisotopic (exact) mass is 451 g/mol. The van der Waals surface area contributed by atoms with Crippen LogP contribution in [0, 0.1) is 0 Å². The molecule has 1 aliphatic heterocycles. The van der Waals surface area contributed by atoms with E-state index in [4.69, 9.17) is 16.3 Å². The molecule has 1 aliphatic rings. The lowest BCUT2D eigenvalue weighted by Gasteiger charge is -2.34. The van der Waals surface area contributed by atoms with Gasteiger partial charge in [0.15, 0.2) is 6.10 Å². The third-order valence-electron chi connectivity index (χ3n) is 4.45. The number of anilines is 2. The van der Waals surface area contributed by atoms with Crippen molar-refractivity contribution in [3.05, 3.63) is 53.1 Å². The molecule has 0 saturated heterocycles. The van der Waals surface area contributed by atoms with Gasteiger partial charge in [-0.1, -0.05) is 30.7 Å². The molecule has 0 saturated carbocycles. The lowest BCUT2D eigenvalue weighted by Crippen LogP contribution is -2.48. The van der Waals surface area contributed by atoms with Crippen molar-refractivity contribution in [2.45, 2.75) is 19.4 Å². The number of para-hydroxylation sites is 1. The van der Waals surface area contributed by atoms with Gasteiger partial charge in [-0.15, -0.1) is 0 Å². The molecule has 0 aromatic heterocycles. The van der Waals surface area contributed by atoms with Gasteiger partial charge in [0, 0.05) is 11.6 Å². The van der Waals surface area contributed by atoms with Crippen molar-refractivity contribution >= 4 is 44.8 Å². The number of ether oxygens (including phenoxy) is 1. The number of sulfonamides is 1. The van der Waals surface area contributed by atoms with Crippen LogP contribution < -0.4 is 19.7 Å². The summed E-state index contributed by atoms with van der Waals surface area (Å²) >= 11 is 5.99. The Kier molecular flexibility index (Phi) is 6.52. The van der Waals surface area contributed by atoms with E-state index in [1.165, 1.54) is 12.1 Å². The van der Waals surface area contributed by atoms with Crippen LogP contribution in [0.3, 0.4) is 0 Å². The first-order valence-electron chi connectivity index (χ1n) is 9.32. The number of hydrogen-bond acceptors (Lipinski definition) is 5. The highest BCUT2D eigenvalue weighted by Gasteiger charge is 2.35. The molecule has 0 fully saturated rings. The maximum atomic E-state index is 12.9. The lowest BCUT2D eigenvalue weighted by atomic mass is 10.1. The predicted molar refractivity (Wildman–Crippen MR) is 116 cm³/mol.